The van der Waals surface area contributed by atoms with Gasteiger partial charge < -0.3 is 14.8 Å². The van der Waals surface area contributed by atoms with Gasteiger partial charge in [-0.1, -0.05) is 0 Å². The van der Waals surface area contributed by atoms with Crippen molar-refractivity contribution in [2.45, 2.75) is 6.04 Å². The number of benzene rings is 1. The van der Waals surface area contributed by atoms with Gasteiger partial charge in [0.25, 0.3) is 0 Å². The minimum Gasteiger partial charge on any atom is -0.497 e. The Hall–Kier alpha value is -2.14. The topological polar surface area (TPSA) is 56.3 Å². The molecule has 0 radical (unpaired) electrons. The van der Waals surface area contributed by atoms with Gasteiger partial charge in [-0.3, -0.25) is 0 Å². The standard InChI is InChI=1S/C14H17N3O2/c1-15-14(12-6-7-16-9-17-12)11-8-10(18-2)4-5-13(11)19-3/h4-9,14-15H,1-3H3. The van der Waals surface area contributed by atoms with Crippen molar-refractivity contribution in [2.24, 2.45) is 0 Å². The van der Waals surface area contributed by atoms with Gasteiger partial charge in [0.05, 0.1) is 26.0 Å². The number of hydrogen-bond donors (Lipinski definition) is 1. The van der Waals surface area contributed by atoms with Crippen LogP contribution in [0.15, 0.2) is 36.8 Å². The van der Waals surface area contributed by atoms with E-state index < -0.39 is 0 Å². The number of nitrogens with one attached hydrogen (secondary N) is 1. The molecule has 0 saturated carbocycles. The predicted molar refractivity (Wildman–Crippen MR) is 72.5 cm³/mol. The second-order valence-corrected chi connectivity index (χ2v) is 3.96. The molecule has 5 nitrogen and oxygen atoms in total. The molecule has 5 heteroatoms. The van der Waals surface area contributed by atoms with Crippen LogP contribution in [-0.2, 0) is 0 Å². The van der Waals surface area contributed by atoms with Crippen LogP contribution in [0.25, 0.3) is 0 Å². The molecule has 1 heterocycles. The zero-order valence-electron chi connectivity index (χ0n) is 11.3. The average Bonchev–Trinajstić information content (AvgIpc) is 2.49. The summed E-state index contributed by atoms with van der Waals surface area (Å²) in [5.41, 5.74) is 1.85. The smallest absolute Gasteiger partial charge is 0.124 e. The molecule has 100 valence electrons. The summed E-state index contributed by atoms with van der Waals surface area (Å²) in [6.07, 6.45) is 3.26. The molecule has 0 aliphatic rings. The lowest BCUT2D eigenvalue weighted by atomic mass is 10.0. The number of hydrogen-bond acceptors (Lipinski definition) is 5. The molecule has 2 rings (SSSR count). The third-order valence-corrected chi connectivity index (χ3v) is 2.94. The fraction of sp³-hybridized carbons (Fsp3) is 0.286. The van der Waals surface area contributed by atoms with Crippen LogP contribution in [0.5, 0.6) is 11.5 Å². The first-order chi connectivity index (χ1) is 9.30. The Balaban J connectivity index is 2.48. The number of ether oxygens (including phenoxy) is 2. The quantitative estimate of drug-likeness (QED) is 0.887. The van der Waals surface area contributed by atoms with Gasteiger partial charge in [0, 0.05) is 11.8 Å². The summed E-state index contributed by atoms with van der Waals surface area (Å²) in [4.78, 5) is 8.22. The Kier molecular flexibility index (Phi) is 4.30. The van der Waals surface area contributed by atoms with Gasteiger partial charge in [-0.2, -0.15) is 0 Å². The van der Waals surface area contributed by atoms with Crippen molar-refractivity contribution in [1.29, 1.82) is 0 Å². The van der Waals surface area contributed by atoms with Crippen molar-refractivity contribution in [1.82, 2.24) is 15.3 Å². The lowest BCUT2D eigenvalue weighted by Gasteiger charge is -2.19. The van der Waals surface area contributed by atoms with Gasteiger partial charge in [0.2, 0.25) is 0 Å². The van der Waals surface area contributed by atoms with Crippen molar-refractivity contribution in [3.63, 3.8) is 0 Å². The number of nitrogens with zero attached hydrogens (tertiary/aromatic N) is 2. The molecule has 0 spiro atoms. The van der Waals surface area contributed by atoms with Gasteiger partial charge >= 0.3 is 0 Å². The van der Waals surface area contributed by atoms with E-state index >= 15 is 0 Å². The third-order valence-electron chi connectivity index (χ3n) is 2.94. The number of aromatic nitrogens is 2. The second kappa shape index (κ2) is 6.15. The van der Waals surface area contributed by atoms with Crippen LogP contribution >= 0.6 is 0 Å². The molecule has 19 heavy (non-hydrogen) atoms. The molecule has 1 N–H and O–H groups in total. The molecule has 2 aromatic rings. The van der Waals surface area contributed by atoms with Crippen molar-refractivity contribution in [3.8, 4) is 11.5 Å². The highest BCUT2D eigenvalue weighted by Gasteiger charge is 2.18. The Bertz CT molecular complexity index is 531. The summed E-state index contributed by atoms with van der Waals surface area (Å²) in [5.74, 6) is 1.57. The van der Waals surface area contributed by atoms with Crippen LogP contribution in [0.3, 0.4) is 0 Å². The van der Waals surface area contributed by atoms with E-state index in [9.17, 15) is 0 Å². The molecule has 0 saturated heterocycles. The van der Waals surface area contributed by atoms with E-state index in [-0.39, 0.29) is 6.04 Å². The predicted octanol–water partition coefficient (Wildman–Crippen LogP) is 1.80. The number of rotatable bonds is 5. The van der Waals surface area contributed by atoms with E-state index in [1.54, 1.807) is 20.4 Å². The molecule has 0 amide bonds. The Morgan fingerprint density at radius 3 is 2.58 bits per heavy atom. The van der Waals surface area contributed by atoms with Crippen molar-refractivity contribution >= 4 is 0 Å². The third kappa shape index (κ3) is 2.82. The minimum absolute atomic E-state index is 0.0759. The highest BCUT2D eigenvalue weighted by atomic mass is 16.5. The maximum atomic E-state index is 5.41. The van der Waals surface area contributed by atoms with Crippen LogP contribution < -0.4 is 14.8 Å². The van der Waals surface area contributed by atoms with Gasteiger partial charge in [-0.05, 0) is 31.3 Å². The Labute approximate surface area is 112 Å². The Morgan fingerprint density at radius 1 is 1.16 bits per heavy atom. The molecule has 1 aromatic heterocycles. The maximum absolute atomic E-state index is 5.41. The van der Waals surface area contributed by atoms with Crippen molar-refractivity contribution in [3.05, 3.63) is 48.0 Å². The van der Waals surface area contributed by atoms with E-state index in [0.29, 0.717) is 0 Å². The zero-order chi connectivity index (χ0) is 13.7. The van der Waals surface area contributed by atoms with E-state index in [1.165, 1.54) is 6.33 Å². The van der Waals surface area contributed by atoms with Gasteiger partial charge in [-0.25, -0.2) is 9.97 Å². The number of methoxy groups -OCH3 is 2. The lowest BCUT2D eigenvalue weighted by molar-refractivity contribution is 0.394. The largest absolute Gasteiger partial charge is 0.497 e. The van der Waals surface area contributed by atoms with E-state index in [1.807, 2.05) is 31.3 Å². The minimum atomic E-state index is -0.0759. The highest BCUT2D eigenvalue weighted by Crippen LogP contribution is 2.31. The SMILES string of the molecule is CNC(c1ccncn1)c1cc(OC)ccc1OC. The molecular formula is C14H17N3O2. The molecular weight excluding hydrogens is 242 g/mol. The summed E-state index contributed by atoms with van der Waals surface area (Å²) in [5, 5.41) is 3.23. The van der Waals surface area contributed by atoms with Gasteiger partial charge in [0.1, 0.15) is 17.8 Å². The molecule has 0 fully saturated rings. The van der Waals surface area contributed by atoms with Crippen LogP contribution in [0, 0.1) is 0 Å². The molecule has 1 unspecified atom stereocenters. The summed E-state index contributed by atoms with van der Waals surface area (Å²) in [7, 11) is 5.17. The normalized spacial score (nSPS) is 11.9. The molecule has 0 bridgehead atoms. The molecule has 1 atom stereocenters. The average molecular weight is 259 g/mol. The first-order valence-corrected chi connectivity index (χ1v) is 5.95. The Morgan fingerprint density at radius 2 is 2.00 bits per heavy atom. The fourth-order valence-corrected chi connectivity index (χ4v) is 2.00. The van der Waals surface area contributed by atoms with Crippen molar-refractivity contribution in [2.75, 3.05) is 21.3 Å². The van der Waals surface area contributed by atoms with Crippen LogP contribution in [0.4, 0.5) is 0 Å². The van der Waals surface area contributed by atoms with E-state index in [4.69, 9.17) is 9.47 Å². The van der Waals surface area contributed by atoms with Crippen LogP contribution in [0.2, 0.25) is 0 Å². The summed E-state index contributed by atoms with van der Waals surface area (Å²) in [6, 6.07) is 7.50. The molecule has 0 aliphatic carbocycles. The van der Waals surface area contributed by atoms with E-state index in [2.05, 4.69) is 15.3 Å². The monoisotopic (exact) mass is 259 g/mol. The van der Waals surface area contributed by atoms with Crippen molar-refractivity contribution < 1.29 is 9.47 Å². The summed E-state index contributed by atoms with van der Waals surface area (Å²) >= 11 is 0. The fourth-order valence-electron chi connectivity index (χ4n) is 2.00. The maximum Gasteiger partial charge on any atom is 0.124 e. The molecule has 1 aromatic carbocycles. The zero-order valence-corrected chi connectivity index (χ0v) is 11.3. The highest BCUT2D eigenvalue weighted by molar-refractivity contribution is 5.44. The summed E-state index contributed by atoms with van der Waals surface area (Å²) < 4.78 is 10.7. The molecule has 0 aliphatic heterocycles. The van der Waals surface area contributed by atoms with E-state index in [0.717, 1.165) is 22.8 Å². The second-order valence-electron chi connectivity index (χ2n) is 3.96. The first kappa shape index (κ1) is 13.3. The van der Waals surface area contributed by atoms with Gasteiger partial charge in [-0.15, -0.1) is 0 Å². The summed E-state index contributed by atoms with van der Waals surface area (Å²) in [6.45, 7) is 0. The lowest BCUT2D eigenvalue weighted by Crippen LogP contribution is -2.19. The van der Waals surface area contributed by atoms with Crippen LogP contribution in [-0.4, -0.2) is 31.2 Å². The van der Waals surface area contributed by atoms with Crippen LogP contribution in [0.1, 0.15) is 17.3 Å². The first-order valence-electron chi connectivity index (χ1n) is 5.95. The van der Waals surface area contributed by atoms with Gasteiger partial charge in [0.15, 0.2) is 0 Å².